The Morgan fingerprint density at radius 2 is 1.54 bits per heavy atom. The topological polar surface area (TPSA) is 86.8 Å². The van der Waals surface area contributed by atoms with Crippen LogP contribution in [-0.4, -0.2) is 44.8 Å². The second-order valence-corrected chi connectivity index (χ2v) is 10.3. The maximum atomic E-state index is 13.7. The summed E-state index contributed by atoms with van der Waals surface area (Å²) in [7, 11) is -2.61. The highest BCUT2D eigenvalue weighted by molar-refractivity contribution is 7.92. The Bertz CT molecular complexity index is 1280. The molecule has 2 amide bonds. The van der Waals surface area contributed by atoms with Gasteiger partial charge in [0.25, 0.3) is 10.0 Å². The molecule has 9 heteroatoms. The Morgan fingerprint density at radius 1 is 0.943 bits per heavy atom. The van der Waals surface area contributed by atoms with E-state index in [-0.39, 0.29) is 17.3 Å². The third kappa shape index (κ3) is 6.21. The van der Waals surface area contributed by atoms with Crippen LogP contribution in [0.25, 0.3) is 0 Å². The molecule has 35 heavy (non-hydrogen) atoms. The van der Waals surface area contributed by atoms with Crippen LogP contribution in [0.15, 0.2) is 83.8 Å². The van der Waals surface area contributed by atoms with Gasteiger partial charge in [0, 0.05) is 18.6 Å². The van der Waals surface area contributed by atoms with Gasteiger partial charge in [0.15, 0.2) is 0 Å². The lowest BCUT2D eigenvalue weighted by Crippen LogP contribution is -2.50. The first kappa shape index (κ1) is 26.2. The molecule has 3 aromatic rings. The fourth-order valence-corrected chi connectivity index (χ4v) is 5.16. The van der Waals surface area contributed by atoms with Crippen LogP contribution in [0, 0.1) is 6.92 Å². The molecule has 0 unspecified atom stereocenters. The Kier molecular flexibility index (Phi) is 8.53. The van der Waals surface area contributed by atoms with Crippen LogP contribution in [0.3, 0.4) is 0 Å². The van der Waals surface area contributed by atoms with Gasteiger partial charge in [-0.3, -0.25) is 13.9 Å². The first-order chi connectivity index (χ1) is 16.6. The van der Waals surface area contributed by atoms with Crippen LogP contribution in [0.2, 0.25) is 5.02 Å². The van der Waals surface area contributed by atoms with E-state index in [1.807, 2.05) is 31.2 Å². The van der Waals surface area contributed by atoms with Gasteiger partial charge in [0.05, 0.1) is 10.6 Å². The minimum Gasteiger partial charge on any atom is -0.357 e. The van der Waals surface area contributed by atoms with Crippen LogP contribution in [0.1, 0.15) is 18.1 Å². The van der Waals surface area contributed by atoms with Crippen molar-refractivity contribution in [1.82, 2.24) is 10.2 Å². The second kappa shape index (κ2) is 11.4. The molecule has 0 aliphatic rings. The molecule has 3 rings (SSSR count). The largest absolute Gasteiger partial charge is 0.357 e. The standard InChI is InChI=1S/C26H28ClN3O4S/c1-19-9-7-8-10-21(19)17-29(20(2)26(32)28-3)25(31)18-30(23-11-5-4-6-12-23)35(33,34)24-15-13-22(27)14-16-24/h4-16,20H,17-18H2,1-3H3,(H,28,32)/t20-/m1/s1. The number of carbonyl (C=O) groups is 2. The average Bonchev–Trinajstić information content (AvgIpc) is 2.86. The lowest BCUT2D eigenvalue weighted by atomic mass is 10.1. The number of rotatable bonds is 9. The number of hydrogen-bond donors (Lipinski definition) is 1. The summed E-state index contributed by atoms with van der Waals surface area (Å²) in [5.41, 5.74) is 2.16. The number of nitrogens with one attached hydrogen (secondary N) is 1. The quantitative estimate of drug-likeness (QED) is 0.468. The number of nitrogens with zero attached hydrogens (tertiary/aromatic N) is 2. The van der Waals surface area contributed by atoms with Crippen molar-refractivity contribution in [3.05, 3.63) is 95.0 Å². The van der Waals surface area contributed by atoms with Crippen molar-refractivity contribution < 1.29 is 18.0 Å². The number of anilines is 1. The summed E-state index contributed by atoms with van der Waals surface area (Å²) >= 11 is 5.95. The van der Waals surface area contributed by atoms with Gasteiger partial charge < -0.3 is 10.2 Å². The second-order valence-electron chi connectivity index (χ2n) is 8.04. The molecule has 0 saturated carbocycles. The van der Waals surface area contributed by atoms with E-state index in [0.717, 1.165) is 15.4 Å². The maximum absolute atomic E-state index is 13.7. The van der Waals surface area contributed by atoms with Crippen LogP contribution >= 0.6 is 11.6 Å². The van der Waals surface area contributed by atoms with Gasteiger partial charge in [-0.15, -0.1) is 0 Å². The minimum absolute atomic E-state index is 0.00311. The fourth-order valence-electron chi connectivity index (χ4n) is 3.62. The number of para-hydroxylation sites is 1. The molecule has 0 aliphatic heterocycles. The molecular weight excluding hydrogens is 486 g/mol. The highest BCUT2D eigenvalue weighted by Gasteiger charge is 2.32. The van der Waals surface area contributed by atoms with Gasteiger partial charge in [-0.1, -0.05) is 54.1 Å². The van der Waals surface area contributed by atoms with Gasteiger partial charge in [0.2, 0.25) is 11.8 Å². The third-order valence-electron chi connectivity index (χ3n) is 5.74. The van der Waals surface area contributed by atoms with Crippen LogP contribution in [-0.2, 0) is 26.2 Å². The number of carbonyl (C=O) groups excluding carboxylic acids is 2. The monoisotopic (exact) mass is 513 g/mol. The maximum Gasteiger partial charge on any atom is 0.264 e. The van der Waals surface area contributed by atoms with Crippen molar-refractivity contribution >= 4 is 39.1 Å². The molecule has 0 spiro atoms. The molecule has 0 radical (unpaired) electrons. The molecule has 184 valence electrons. The van der Waals surface area contributed by atoms with Crippen LogP contribution in [0.5, 0.6) is 0 Å². The molecule has 0 fully saturated rings. The predicted octanol–water partition coefficient (Wildman–Crippen LogP) is 4.01. The Balaban J connectivity index is 2.01. The molecule has 3 aromatic carbocycles. The Morgan fingerprint density at radius 3 is 2.14 bits per heavy atom. The first-order valence-corrected chi connectivity index (χ1v) is 12.9. The van der Waals surface area contributed by atoms with E-state index in [2.05, 4.69) is 5.32 Å². The van der Waals surface area contributed by atoms with Gasteiger partial charge >= 0.3 is 0 Å². The lowest BCUT2D eigenvalue weighted by Gasteiger charge is -2.32. The number of amides is 2. The van der Waals surface area contributed by atoms with Crippen molar-refractivity contribution in [2.45, 2.75) is 31.3 Å². The average molecular weight is 514 g/mol. The number of aryl methyl sites for hydroxylation is 1. The van der Waals surface area contributed by atoms with E-state index >= 15 is 0 Å². The summed E-state index contributed by atoms with van der Waals surface area (Å²) < 4.78 is 28.3. The SMILES string of the molecule is CNC(=O)[C@@H](C)N(Cc1ccccc1C)C(=O)CN(c1ccccc1)S(=O)(=O)c1ccc(Cl)cc1. The predicted molar refractivity (Wildman–Crippen MR) is 138 cm³/mol. The van der Waals surface area contributed by atoms with Crippen molar-refractivity contribution in [3.63, 3.8) is 0 Å². The zero-order valence-corrected chi connectivity index (χ0v) is 21.4. The molecule has 0 saturated heterocycles. The van der Waals surface area contributed by atoms with Crippen LogP contribution in [0.4, 0.5) is 5.69 Å². The molecule has 0 heterocycles. The summed E-state index contributed by atoms with van der Waals surface area (Å²) in [5.74, 6) is -0.857. The summed E-state index contributed by atoms with van der Waals surface area (Å²) in [5, 5.41) is 2.97. The number of benzene rings is 3. The molecule has 7 nitrogen and oxygen atoms in total. The normalized spacial score (nSPS) is 12.0. The number of likely N-dealkylation sites (N-methyl/N-ethyl adjacent to an activating group) is 1. The van der Waals surface area contributed by atoms with Crippen molar-refractivity contribution in [2.75, 3.05) is 17.9 Å². The number of sulfonamides is 1. The summed E-state index contributed by atoms with van der Waals surface area (Å²) in [6, 6.07) is 20.9. The van der Waals surface area contributed by atoms with Gasteiger partial charge in [-0.2, -0.15) is 0 Å². The molecule has 0 aliphatic carbocycles. The summed E-state index contributed by atoms with van der Waals surface area (Å²) in [6.45, 7) is 3.21. The van der Waals surface area contributed by atoms with Crippen molar-refractivity contribution in [3.8, 4) is 0 Å². The molecular formula is C26H28ClN3O4S. The fraction of sp³-hybridized carbons (Fsp3) is 0.231. The van der Waals surface area contributed by atoms with E-state index in [1.54, 1.807) is 37.3 Å². The summed E-state index contributed by atoms with van der Waals surface area (Å²) in [6.07, 6.45) is 0. The highest BCUT2D eigenvalue weighted by atomic mass is 35.5. The number of halogens is 1. The van der Waals surface area contributed by atoms with Gasteiger partial charge in [0.1, 0.15) is 12.6 Å². The zero-order chi connectivity index (χ0) is 25.6. The van der Waals surface area contributed by atoms with E-state index in [9.17, 15) is 18.0 Å². The van der Waals surface area contributed by atoms with E-state index in [1.165, 1.54) is 36.2 Å². The first-order valence-electron chi connectivity index (χ1n) is 11.0. The van der Waals surface area contributed by atoms with E-state index in [0.29, 0.717) is 10.7 Å². The third-order valence-corrected chi connectivity index (χ3v) is 7.78. The minimum atomic E-state index is -4.11. The van der Waals surface area contributed by atoms with Crippen molar-refractivity contribution in [2.24, 2.45) is 0 Å². The lowest BCUT2D eigenvalue weighted by molar-refractivity contribution is -0.139. The van der Waals surface area contributed by atoms with Crippen LogP contribution < -0.4 is 9.62 Å². The summed E-state index contributed by atoms with van der Waals surface area (Å²) in [4.78, 5) is 27.5. The smallest absolute Gasteiger partial charge is 0.264 e. The highest BCUT2D eigenvalue weighted by Crippen LogP contribution is 2.25. The molecule has 0 aromatic heterocycles. The van der Waals surface area contributed by atoms with Gasteiger partial charge in [-0.05, 0) is 61.4 Å². The number of hydrogen-bond acceptors (Lipinski definition) is 4. The molecule has 1 N–H and O–H groups in total. The molecule has 1 atom stereocenters. The molecule has 0 bridgehead atoms. The Hall–Kier alpha value is -3.36. The van der Waals surface area contributed by atoms with E-state index in [4.69, 9.17) is 11.6 Å². The zero-order valence-electron chi connectivity index (χ0n) is 19.8. The Labute approximate surface area is 211 Å². The van der Waals surface area contributed by atoms with Gasteiger partial charge in [-0.25, -0.2) is 8.42 Å². The van der Waals surface area contributed by atoms with E-state index < -0.39 is 28.5 Å². The van der Waals surface area contributed by atoms with Crippen molar-refractivity contribution in [1.29, 1.82) is 0 Å².